The van der Waals surface area contributed by atoms with Gasteiger partial charge in [-0.1, -0.05) is 36.4 Å². The molecular formula is C21H18F2N2O. The molecule has 3 rings (SSSR count). The standard InChI is InChI=1S/C21H18F2N2O/c1-15(20-9-5-6-12-24-20)25(14-16-7-3-2-4-8-16)21(26)18-13-17(22)10-11-19(18)23/h2-13,15H,14H2,1H3. The van der Waals surface area contributed by atoms with Crippen molar-refractivity contribution in [2.75, 3.05) is 0 Å². The molecule has 0 aliphatic carbocycles. The number of benzene rings is 2. The van der Waals surface area contributed by atoms with Crippen LogP contribution in [0.2, 0.25) is 0 Å². The smallest absolute Gasteiger partial charge is 0.257 e. The van der Waals surface area contributed by atoms with Crippen molar-refractivity contribution in [3.05, 3.63) is 101 Å². The van der Waals surface area contributed by atoms with E-state index in [2.05, 4.69) is 4.98 Å². The average molecular weight is 352 g/mol. The summed E-state index contributed by atoms with van der Waals surface area (Å²) in [7, 11) is 0. The summed E-state index contributed by atoms with van der Waals surface area (Å²) >= 11 is 0. The number of aromatic nitrogens is 1. The molecule has 0 bridgehead atoms. The lowest BCUT2D eigenvalue weighted by Crippen LogP contribution is -2.34. The first-order valence-corrected chi connectivity index (χ1v) is 8.27. The van der Waals surface area contributed by atoms with Crippen molar-refractivity contribution in [1.29, 1.82) is 0 Å². The van der Waals surface area contributed by atoms with E-state index in [-0.39, 0.29) is 12.1 Å². The highest BCUT2D eigenvalue weighted by Crippen LogP contribution is 2.24. The molecule has 3 nitrogen and oxygen atoms in total. The number of pyridine rings is 1. The van der Waals surface area contributed by atoms with Crippen molar-refractivity contribution in [1.82, 2.24) is 9.88 Å². The summed E-state index contributed by atoms with van der Waals surface area (Å²) in [5.74, 6) is -1.98. The molecule has 0 saturated heterocycles. The van der Waals surface area contributed by atoms with Crippen LogP contribution in [0, 0.1) is 11.6 Å². The summed E-state index contributed by atoms with van der Waals surface area (Å²) in [6.45, 7) is 2.08. The maximum Gasteiger partial charge on any atom is 0.257 e. The van der Waals surface area contributed by atoms with Gasteiger partial charge in [0.2, 0.25) is 0 Å². The van der Waals surface area contributed by atoms with Gasteiger partial charge in [-0.2, -0.15) is 0 Å². The van der Waals surface area contributed by atoms with E-state index in [4.69, 9.17) is 0 Å². The summed E-state index contributed by atoms with van der Waals surface area (Å²) in [4.78, 5) is 18.8. The van der Waals surface area contributed by atoms with E-state index < -0.39 is 23.6 Å². The SMILES string of the molecule is CC(c1ccccn1)N(Cc1ccccc1)C(=O)c1cc(F)ccc1F. The van der Waals surface area contributed by atoms with E-state index in [0.29, 0.717) is 5.69 Å². The molecular weight excluding hydrogens is 334 g/mol. The van der Waals surface area contributed by atoms with Crippen molar-refractivity contribution in [2.24, 2.45) is 0 Å². The van der Waals surface area contributed by atoms with Crippen LogP contribution in [-0.4, -0.2) is 15.8 Å². The van der Waals surface area contributed by atoms with Crippen LogP contribution in [-0.2, 0) is 6.54 Å². The van der Waals surface area contributed by atoms with Gasteiger partial charge in [0.25, 0.3) is 5.91 Å². The molecule has 0 radical (unpaired) electrons. The highest BCUT2D eigenvalue weighted by Gasteiger charge is 2.26. The van der Waals surface area contributed by atoms with Gasteiger partial charge in [-0.05, 0) is 42.8 Å². The topological polar surface area (TPSA) is 33.2 Å². The second kappa shape index (κ2) is 7.87. The van der Waals surface area contributed by atoms with Crippen LogP contribution in [0.15, 0.2) is 72.9 Å². The van der Waals surface area contributed by atoms with Crippen molar-refractivity contribution in [3.8, 4) is 0 Å². The monoisotopic (exact) mass is 352 g/mol. The first-order chi connectivity index (χ1) is 12.6. The predicted octanol–water partition coefficient (Wildman–Crippen LogP) is 4.76. The zero-order valence-electron chi connectivity index (χ0n) is 14.3. The van der Waals surface area contributed by atoms with E-state index in [0.717, 1.165) is 23.8 Å². The molecule has 0 aliphatic rings. The Kier molecular flexibility index (Phi) is 5.37. The van der Waals surface area contributed by atoms with E-state index in [1.54, 1.807) is 18.3 Å². The summed E-state index contributed by atoms with van der Waals surface area (Å²) < 4.78 is 27.7. The van der Waals surface area contributed by atoms with Crippen molar-refractivity contribution in [3.63, 3.8) is 0 Å². The Morgan fingerprint density at radius 2 is 1.77 bits per heavy atom. The van der Waals surface area contributed by atoms with Crippen LogP contribution in [0.5, 0.6) is 0 Å². The number of carbonyl (C=O) groups is 1. The normalized spacial score (nSPS) is 11.8. The van der Waals surface area contributed by atoms with Crippen LogP contribution in [0.4, 0.5) is 8.78 Å². The van der Waals surface area contributed by atoms with Gasteiger partial charge in [-0.3, -0.25) is 9.78 Å². The quantitative estimate of drug-likeness (QED) is 0.663. The summed E-state index contributed by atoms with van der Waals surface area (Å²) in [5.41, 5.74) is 1.28. The lowest BCUT2D eigenvalue weighted by Gasteiger charge is -2.29. The molecule has 0 N–H and O–H groups in total. The van der Waals surface area contributed by atoms with Gasteiger partial charge in [-0.25, -0.2) is 8.78 Å². The molecule has 0 aliphatic heterocycles. The molecule has 1 aromatic heterocycles. The Balaban J connectivity index is 1.99. The second-order valence-corrected chi connectivity index (χ2v) is 5.97. The fourth-order valence-corrected chi connectivity index (χ4v) is 2.76. The molecule has 3 aromatic rings. The van der Waals surface area contributed by atoms with E-state index >= 15 is 0 Å². The molecule has 1 amide bonds. The van der Waals surface area contributed by atoms with Crippen molar-refractivity contribution >= 4 is 5.91 Å². The van der Waals surface area contributed by atoms with Gasteiger partial charge in [0, 0.05) is 12.7 Å². The third-order valence-electron chi connectivity index (χ3n) is 4.20. The highest BCUT2D eigenvalue weighted by atomic mass is 19.1. The molecule has 0 fully saturated rings. The summed E-state index contributed by atoms with van der Waals surface area (Å²) in [6, 6.07) is 17.3. The lowest BCUT2D eigenvalue weighted by molar-refractivity contribution is 0.0665. The van der Waals surface area contributed by atoms with Gasteiger partial charge in [-0.15, -0.1) is 0 Å². The minimum absolute atomic E-state index is 0.257. The van der Waals surface area contributed by atoms with Gasteiger partial charge < -0.3 is 4.90 Å². The fraction of sp³-hybridized carbons (Fsp3) is 0.143. The van der Waals surface area contributed by atoms with Gasteiger partial charge in [0.05, 0.1) is 17.3 Å². The number of rotatable bonds is 5. The molecule has 132 valence electrons. The number of hydrogen-bond donors (Lipinski definition) is 0. The maximum absolute atomic E-state index is 14.2. The molecule has 1 atom stereocenters. The van der Waals surface area contributed by atoms with Crippen molar-refractivity contribution < 1.29 is 13.6 Å². The number of halogens is 2. The predicted molar refractivity (Wildman–Crippen MR) is 95.3 cm³/mol. The van der Waals surface area contributed by atoms with Gasteiger partial charge in [0.1, 0.15) is 11.6 Å². The molecule has 5 heteroatoms. The lowest BCUT2D eigenvalue weighted by atomic mass is 10.1. The van der Waals surface area contributed by atoms with E-state index in [1.165, 1.54) is 4.90 Å². The summed E-state index contributed by atoms with van der Waals surface area (Å²) in [6.07, 6.45) is 1.64. The third kappa shape index (κ3) is 3.94. The second-order valence-electron chi connectivity index (χ2n) is 5.97. The molecule has 26 heavy (non-hydrogen) atoms. The first-order valence-electron chi connectivity index (χ1n) is 8.27. The first kappa shape index (κ1) is 17.7. The number of amides is 1. The maximum atomic E-state index is 14.2. The molecule has 2 aromatic carbocycles. The fourth-order valence-electron chi connectivity index (χ4n) is 2.76. The Bertz CT molecular complexity index is 885. The average Bonchev–Trinajstić information content (AvgIpc) is 2.68. The molecule has 0 saturated carbocycles. The number of nitrogens with zero attached hydrogens (tertiary/aromatic N) is 2. The van der Waals surface area contributed by atoms with Crippen LogP contribution < -0.4 is 0 Å². The minimum atomic E-state index is -0.748. The Morgan fingerprint density at radius 3 is 2.46 bits per heavy atom. The Labute approximate surface area is 150 Å². The van der Waals surface area contributed by atoms with Crippen LogP contribution in [0.25, 0.3) is 0 Å². The van der Waals surface area contributed by atoms with Crippen molar-refractivity contribution in [2.45, 2.75) is 19.5 Å². The molecule has 1 unspecified atom stereocenters. The van der Waals surface area contributed by atoms with Crippen LogP contribution in [0.1, 0.15) is 34.6 Å². The van der Waals surface area contributed by atoms with Crippen LogP contribution in [0.3, 0.4) is 0 Å². The number of hydrogen-bond acceptors (Lipinski definition) is 2. The Hall–Kier alpha value is -3.08. The Morgan fingerprint density at radius 1 is 1.04 bits per heavy atom. The van der Waals surface area contributed by atoms with Crippen LogP contribution >= 0.6 is 0 Å². The zero-order valence-corrected chi connectivity index (χ0v) is 14.3. The zero-order chi connectivity index (χ0) is 18.5. The largest absolute Gasteiger partial charge is 0.326 e. The summed E-state index contributed by atoms with van der Waals surface area (Å²) in [5, 5.41) is 0. The molecule has 0 spiro atoms. The number of carbonyl (C=O) groups excluding carboxylic acids is 1. The third-order valence-corrected chi connectivity index (χ3v) is 4.20. The highest BCUT2D eigenvalue weighted by molar-refractivity contribution is 5.94. The van der Waals surface area contributed by atoms with E-state index in [9.17, 15) is 13.6 Å². The van der Waals surface area contributed by atoms with Gasteiger partial charge >= 0.3 is 0 Å². The molecule has 1 heterocycles. The minimum Gasteiger partial charge on any atom is -0.326 e. The van der Waals surface area contributed by atoms with E-state index in [1.807, 2.05) is 43.3 Å². The van der Waals surface area contributed by atoms with Gasteiger partial charge in [0.15, 0.2) is 0 Å².